The molecule has 14 heavy (non-hydrogen) atoms. The molecule has 0 bridgehead atoms. The van der Waals surface area contributed by atoms with Gasteiger partial charge in [0.05, 0.1) is 13.7 Å². The maximum absolute atomic E-state index is 9.07. The number of hydrogen-bond acceptors (Lipinski definition) is 4. The molecule has 1 heterocycles. The first-order chi connectivity index (χ1) is 6.77. The second-order valence-electron chi connectivity index (χ2n) is 2.77. The highest BCUT2D eigenvalue weighted by atomic mass is 35.5. The van der Waals surface area contributed by atoms with E-state index in [1.54, 1.807) is 6.07 Å². The third-order valence-electron chi connectivity index (χ3n) is 2.01. The van der Waals surface area contributed by atoms with E-state index >= 15 is 0 Å². The molecule has 5 heteroatoms. The zero-order valence-corrected chi connectivity index (χ0v) is 8.30. The Morgan fingerprint density at radius 2 is 2.36 bits per heavy atom. The second kappa shape index (κ2) is 3.55. The molecule has 0 unspecified atom stereocenters. The normalized spacial score (nSPS) is 13.1. The molecule has 1 N–H and O–H groups in total. The summed E-state index contributed by atoms with van der Waals surface area (Å²) in [5.41, 5.74) is 0.585. The van der Waals surface area contributed by atoms with Gasteiger partial charge in [0.2, 0.25) is 6.79 Å². The molecule has 2 rings (SSSR count). The topological polar surface area (TPSA) is 47.9 Å². The molecule has 0 aliphatic carbocycles. The van der Waals surface area contributed by atoms with E-state index in [-0.39, 0.29) is 13.4 Å². The molecular weight excluding hydrogens is 208 g/mol. The zero-order chi connectivity index (χ0) is 10.1. The van der Waals surface area contributed by atoms with Gasteiger partial charge in [0.15, 0.2) is 11.5 Å². The largest absolute Gasteiger partial charge is 0.495 e. The smallest absolute Gasteiger partial charge is 0.231 e. The van der Waals surface area contributed by atoms with Crippen LogP contribution in [0.4, 0.5) is 0 Å². The summed E-state index contributed by atoms with van der Waals surface area (Å²) >= 11 is 6.00. The fourth-order valence-electron chi connectivity index (χ4n) is 1.37. The van der Waals surface area contributed by atoms with Crippen LogP contribution in [0.1, 0.15) is 5.56 Å². The van der Waals surface area contributed by atoms with E-state index in [1.807, 2.05) is 0 Å². The molecule has 0 spiro atoms. The Morgan fingerprint density at radius 3 is 3.00 bits per heavy atom. The molecular formula is C9H9ClO4. The summed E-state index contributed by atoms with van der Waals surface area (Å²) in [6.45, 7) is -0.00732. The van der Waals surface area contributed by atoms with Crippen molar-refractivity contribution < 1.29 is 19.3 Å². The minimum atomic E-state index is -0.153. The van der Waals surface area contributed by atoms with Crippen LogP contribution in [0.5, 0.6) is 17.2 Å². The van der Waals surface area contributed by atoms with Crippen LogP contribution in [0.25, 0.3) is 0 Å². The van der Waals surface area contributed by atoms with Crippen LogP contribution in [0.2, 0.25) is 5.02 Å². The lowest BCUT2D eigenvalue weighted by molar-refractivity contribution is 0.174. The molecule has 0 saturated heterocycles. The van der Waals surface area contributed by atoms with Crippen molar-refractivity contribution in [3.8, 4) is 17.2 Å². The Labute approximate surface area is 86.0 Å². The lowest BCUT2D eigenvalue weighted by Gasteiger charge is -2.10. The van der Waals surface area contributed by atoms with Gasteiger partial charge in [-0.1, -0.05) is 11.6 Å². The third kappa shape index (κ3) is 1.27. The molecule has 0 fully saturated rings. The first-order valence-corrected chi connectivity index (χ1v) is 4.41. The lowest BCUT2D eigenvalue weighted by Crippen LogP contribution is -1.93. The van der Waals surface area contributed by atoms with Crippen LogP contribution >= 0.6 is 11.6 Å². The molecule has 1 aromatic carbocycles. The van der Waals surface area contributed by atoms with Crippen LogP contribution in [-0.2, 0) is 6.61 Å². The molecule has 0 atom stereocenters. The van der Waals surface area contributed by atoms with E-state index in [2.05, 4.69) is 0 Å². The van der Waals surface area contributed by atoms with Gasteiger partial charge in [-0.2, -0.15) is 0 Å². The van der Waals surface area contributed by atoms with Gasteiger partial charge >= 0.3 is 0 Å². The Balaban J connectivity index is 2.60. The predicted molar refractivity (Wildman–Crippen MR) is 50.0 cm³/mol. The van der Waals surface area contributed by atoms with Crippen molar-refractivity contribution in [2.45, 2.75) is 6.61 Å². The summed E-state index contributed by atoms with van der Waals surface area (Å²) in [5, 5.41) is 9.41. The van der Waals surface area contributed by atoms with E-state index in [0.717, 1.165) is 0 Å². The third-order valence-corrected chi connectivity index (χ3v) is 2.35. The molecule has 0 saturated carbocycles. The Bertz CT molecular complexity index is 364. The second-order valence-corrected chi connectivity index (χ2v) is 3.15. The van der Waals surface area contributed by atoms with Gasteiger partial charge in [-0.25, -0.2) is 0 Å². The van der Waals surface area contributed by atoms with Crippen LogP contribution in [0, 0.1) is 0 Å². The average molecular weight is 217 g/mol. The van der Waals surface area contributed by atoms with E-state index < -0.39 is 0 Å². The number of hydrogen-bond donors (Lipinski definition) is 1. The number of benzene rings is 1. The van der Waals surface area contributed by atoms with Crippen molar-refractivity contribution in [2.75, 3.05) is 13.9 Å². The molecule has 1 aromatic rings. The maximum Gasteiger partial charge on any atom is 0.231 e. The number of halogens is 1. The zero-order valence-electron chi connectivity index (χ0n) is 7.54. The molecule has 1 aliphatic rings. The van der Waals surface area contributed by atoms with E-state index in [1.165, 1.54) is 7.11 Å². The standard InChI is InChI=1S/C9H9ClO4/c1-12-8-5(3-11)2-6-9(7(8)10)14-4-13-6/h2,11H,3-4H2,1H3. The number of methoxy groups -OCH3 is 1. The summed E-state index contributed by atoms with van der Waals surface area (Å²) in [5.74, 6) is 1.44. The van der Waals surface area contributed by atoms with Crippen molar-refractivity contribution in [3.05, 3.63) is 16.7 Å². The lowest BCUT2D eigenvalue weighted by atomic mass is 10.2. The molecule has 1 aliphatic heterocycles. The minimum Gasteiger partial charge on any atom is -0.495 e. The van der Waals surface area contributed by atoms with Crippen molar-refractivity contribution in [3.63, 3.8) is 0 Å². The van der Waals surface area contributed by atoms with Gasteiger partial charge in [-0.15, -0.1) is 0 Å². The summed E-state index contributed by atoms with van der Waals surface area (Å²) in [6.07, 6.45) is 0. The average Bonchev–Trinajstić information content (AvgIpc) is 2.65. The van der Waals surface area contributed by atoms with Crippen molar-refractivity contribution in [2.24, 2.45) is 0 Å². The number of fused-ring (bicyclic) bond motifs is 1. The van der Waals surface area contributed by atoms with Gasteiger partial charge in [-0.05, 0) is 6.07 Å². The highest BCUT2D eigenvalue weighted by Crippen LogP contribution is 2.46. The van der Waals surface area contributed by atoms with Gasteiger partial charge in [0.1, 0.15) is 10.8 Å². The Kier molecular flexibility index (Phi) is 2.39. The molecule has 0 amide bonds. The monoisotopic (exact) mass is 216 g/mol. The molecule has 0 aromatic heterocycles. The molecule has 76 valence electrons. The van der Waals surface area contributed by atoms with Gasteiger partial charge in [0, 0.05) is 5.56 Å². The van der Waals surface area contributed by atoms with Gasteiger partial charge in [-0.3, -0.25) is 0 Å². The summed E-state index contributed by atoms with van der Waals surface area (Å²) < 4.78 is 15.4. The minimum absolute atomic E-state index is 0.146. The highest BCUT2D eigenvalue weighted by Gasteiger charge is 2.23. The Hall–Kier alpha value is -1.13. The fraction of sp³-hybridized carbons (Fsp3) is 0.333. The number of aliphatic hydroxyl groups is 1. The summed E-state index contributed by atoms with van der Waals surface area (Å²) in [6, 6.07) is 1.66. The maximum atomic E-state index is 9.07. The van der Waals surface area contributed by atoms with Crippen molar-refractivity contribution in [1.29, 1.82) is 0 Å². The van der Waals surface area contributed by atoms with Crippen molar-refractivity contribution >= 4 is 11.6 Å². The summed E-state index contributed by atoms with van der Waals surface area (Å²) in [4.78, 5) is 0. The highest BCUT2D eigenvalue weighted by molar-refractivity contribution is 6.34. The van der Waals surface area contributed by atoms with Gasteiger partial charge in [0.25, 0.3) is 0 Å². The van der Waals surface area contributed by atoms with Crippen LogP contribution < -0.4 is 14.2 Å². The number of rotatable bonds is 2. The first-order valence-electron chi connectivity index (χ1n) is 4.03. The van der Waals surface area contributed by atoms with Crippen LogP contribution in [0.3, 0.4) is 0 Å². The van der Waals surface area contributed by atoms with E-state index in [9.17, 15) is 0 Å². The fourth-order valence-corrected chi connectivity index (χ4v) is 1.72. The van der Waals surface area contributed by atoms with Crippen molar-refractivity contribution in [1.82, 2.24) is 0 Å². The Morgan fingerprint density at radius 1 is 1.57 bits per heavy atom. The predicted octanol–water partition coefficient (Wildman–Crippen LogP) is 1.57. The molecule has 0 radical (unpaired) electrons. The van der Waals surface area contributed by atoms with Crippen LogP contribution in [0.15, 0.2) is 6.07 Å². The molecule has 4 nitrogen and oxygen atoms in total. The summed E-state index contributed by atoms with van der Waals surface area (Å²) in [7, 11) is 1.49. The quantitative estimate of drug-likeness (QED) is 0.815. The number of ether oxygens (including phenoxy) is 3. The van der Waals surface area contributed by atoms with E-state index in [4.69, 9.17) is 30.9 Å². The first kappa shape index (κ1) is 9.43. The number of aliphatic hydroxyl groups excluding tert-OH is 1. The van der Waals surface area contributed by atoms with Gasteiger partial charge < -0.3 is 19.3 Å². The van der Waals surface area contributed by atoms with Crippen LogP contribution in [-0.4, -0.2) is 19.0 Å². The SMILES string of the molecule is COc1c(CO)cc2c(c1Cl)OCO2. The van der Waals surface area contributed by atoms with E-state index in [0.29, 0.717) is 27.8 Å².